The van der Waals surface area contributed by atoms with E-state index in [9.17, 15) is 10.5 Å². The number of aromatic nitrogens is 4. The second-order valence-corrected chi connectivity index (χ2v) is 26.0. The van der Waals surface area contributed by atoms with Crippen molar-refractivity contribution >= 4 is 131 Å². The van der Waals surface area contributed by atoms with Crippen LogP contribution < -0.4 is 0 Å². The fourth-order valence-electron chi connectivity index (χ4n) is 16.6. The highest BCUT2D eigenvalue weighted by atomic mass is 16.3. The lowest BCUT2D eigenvalue weighted by atomic mass is 9.74. The molecule has 6 aromatic heterocycles. The number of para-hydroxylation sites is 8. The van der Waals surface area contributed by atoms with E-state index in [2.05, 4.69) is 289 Å². The van der Waals surface area contributed by atoms with E-state index in [4.69, 9.17) is 8.83 Å². The first-order chi connectivity index (χ1) is 46.1. The molecule has 8 nitrogen and oxygen atoms in total. The molecule has 0 saturated carbocycles. The summed E-state index contributed by atoms with van der Waals surface area (Å²) in [5.41, 5.74) is 17.7. The molecule has 0 bridgehead atoms. The van der Waals surface area contributed by atoms with Crippen LogP contribution in [0.3, 0.4) is 0 Å². The predicted octanol–water partition coefficient (Wildman–Crippen LogP) is 22.5. The normalized spacial score (nSPS) is 12.4. The Bertz CT molecular complexity index is 6220. The van der Waals surface area contributed by atoms with E-state index in [1.807, 2.05) is 36.4 Å². The van der Waals surface area contributed by atoms with Crippen LogP contribution in [-0.2, 0) is 11.1 Å². The van der Waals surface area contributed by atoms with Crippen LogP contribution in [0.5, 0.6) is 0 Å². The molecule has 0 fully saturated rings. The third kappa shape index (κ3) is 7.19. The summed E-state index contributed by atoms with van der Waals surface area (Å²) in [6.07, 6.45) is 0. The quantitative estimate of drug-likeness (QED) is 0.151. The predicted molar refractivity (Wildman–Crippen MR) is 386 cm³/mol. The van der Waals surface area contributed by atoms with Gasteiger partial charge in [-0.2, -0.15) is 10.5 Å². The zero-order valence-electron chi connectivity index (χ0n) is 51.9. The van der Waals surface area contributed by atoms with E-state index in [-0.39, 0.29) is 0 Å². The number of rotatable bonds is 8. The molecule has 0 aliphatic rings. The highest BCUT2D eigenvalue weighted by Gasteiger charge is 2.44. The van der Waals surface area contributed by atoms with Crippen LogP contribution in [0.4, 0.5) is 0 Å². The third-order valence-electron chi connectivity index (χ3n) is 20.3. The summed E-state index contributed by atoms with van der Waals surface area (Å²) >= 11 is 0. The molecule has 8 heteroatoms. The van der Waals surface area contributed by atoms with E-state index in [0.717, 1.165) is 176 Å². The number of benzene rings is 13. The Morgan fingerprint density at radius 1 is 0.298 bits per heavy atom. The minimum atomic E-state index is -1.03. The Labute approximate surface area is 539 Å². The maximum Gasteiger partial charge on any atom is 0.145 e. The lowest BCUT2D eigenvalue weighted by Crippen LogP contribution is -2.35. The van der Waals surface area contributed by atoms with Crippen molar-refractivity contribution in [1.82, 2.24) is 18.3 Å². The Morgan fingerprint density at radius 2 is 0.628 bits per heavy atom. The van der Waals surface area contributed by atoms with Crippen LogP contribution >= 0.6 is 0 Å². The first kappa shape index (κ1) is 53.5. The van der Waals surface area contributed by atoms with E-state index in [1.54, 1.807) is 0 Å². The highest BCUT2D eigenvalue weighted by molar-refractivity contribution is 6.26. The monoisotopic (exact) mass is 1200 g/mol. The van der Waals surface area contributed by atoms with Crippen LogP contribution in [0.25, 0.3) is 165 Å². The van der Waals surface area contributed by atoms with Gasteiger partial charge in [0.2, 0.25) is 0 Å². The molecule has 0 saturated heterocycles. The first-order valence-electron chi connectivity index (χ1n) is 32.0. The molecule has 13 aromatic carbocycles. The molecule has 0 aliphatic heterocycles. The van der Waals surface area contributed by atoms with Gasteiger partial charge in [-0.3, -0.25) is 0 Å². The molecule has 442 valence electrons. The number of fused-ring (bicyclic) bond motifs is 20. The van der Waals surface area contributed by atoms with Gasteiger partial charge in [-0.15, -0.1) is 0 Å². The number of hydrogen-bond acceptors (Lipinski definition) is 4. The van der Waals surface area contributed by atoms with Crippen LogP contribution in [-0.4, -0.2) is 18.3 Å². The van der Waals surface area contributed by atoms with Gasteiger partial charge >= 0.3 is 0 Å². The van der Waals surface area contributed by atoms with Gasteiger partial charge < -0.3 is 27.1 Å². The molecule has 19 rings (SSSR count). The molecule has 0 spiro atoms. The van der Waals surface area contributed by atoms with Crippen molar-refractivity contribution in [3.05, 3.63) is 289 Å². The summed E-state index contributed by atoms with van der Waals surface area (Å²) in [5, 5.41) is 35.3. The van der Waals surface area contributed by atoms with E-state index in [0.29, 0.717) is 11.1 Å². The van der Waals surface area contributed by atoms with Crippen molar-refractivity contribution in [2.45, 2.75) is 38.8 Å². The molecule has 0 atom stereocenters. The van der Waals surface area contributed by atoms with Crippen molar-refractivity contribution < 1.29 is 8.83 Å². The minimum absolute atomic E-state index is 0.521. The summed E-state index contributed by atoms with van der Waals surface area (Å²) in [4.78, 5) is 0. The fraction of sp³-hybridized carbons (Fsp3) is 0.0698. The lowest BCUT2D eigenvalue weighted by Gasteiger charge is -2.42. The largest absolute Gasteiger partial charge is 0.455 e. The Kier molecular flexibility index (Phi) is 11.1. The average Bonchev–Trinajstić information content (AvgIpc) is 1.39. The maximum absolute atomic E-state index is 11.3. The molecule has 0 aliphatic carbocycles. The molecule has 0 radical (unpaired) electrons. The van der Waals surface area contributed by atoms with Gasteiger partial charge in [0.1, 0.15) is 22.3 Å². The van der Waals surface area contributed by atoms with Gasteiger partial charge in [-0.25, -0.2) is 0 Å². The van der Waals surface area contributed by atoms with Gasteiger partial charge in [0.05, 0.1) is 78.6 Å². The zero-order chi connectivity index (χ0) is 62.9. The van der Waals surface area contributed by atoms with Crippen LogP contribution in [0.15, 0.2) is 276 Å². The number of nitrogens with zero attached hydrogens (tertiary/aromatic N) is 6. The Balaban J connectivity index is 1.16. The SMILES string of the molecule is CC(C)(c1c(-c2cccc(C#N)c2)c(-n2c3ccccc3c3c4oc5ccccc5c4ccc32)c(C(C)(C)n2c3ccccc3c3ccccc32)c(-n2c3ccccc3c3c4oc5ccccc5c4ccc32)c1-c1cccc(C#N)c1)n1c2ccccc2c2ccccc21. The number of furan rings is 2. The van der Waals surface area contributed by atoms with Crippen LogP contribution in [0.2, 0.25) is 0 Å². The van der Waals surface area contributed by atoms with Crippen molar-refractivity contribution in [3.63, 3.8) is 0 Å². The van der Waals surface area contributed by atoms with Crippen molar-refractivity contribution in [2.24, 2.45) is 0 Å². The average molecular weight is 1210 g/mol. The van der Waals surface area contributed by atoms with Crippen LogP contribution in [0, 0.1) is 22.7 Å². The Hall–Kier alpha value is -12.4. The standard InChI is InChI=1S/C86H56N6O2/c1-85(2,91-67-37-15-5-27-55(67)56-28-6-16-38-68(56)91)79-75(53-25-21-23-51(47-53)49-87)81(89-65-35-13-9-33-63(65)77-71(89)45-43-61-59-31-11-19-41-73(59)93-83(61)77)80(86(3,4)92-69-39-17-7-29-57(69)58-30-8-18-40-70(58)92)82(76(79)54-26-22-24-52(48-54)50-88)90-66-36-14-10-34-64(66)78-72(90)46-44-62-60-32-12-20-42-74(60)94-84(62)78/h5-48H,1-4H3. The first-order valence-corrected chi connectivity index (χ1v) is 32.0. The summed E-state index contributed by atoms with van der Waals surface area (Å²) in [7, 11) is 0. The molecule has 19 aromatic rings. The minimum Gasteiger partial charge on any atom is -0.455 e. The number of hydrogen-bond donors (Lipinski definition) is 0. The summed E-state index contributed by atoms with van der Waals surface area (Å²) in [6, 6.07) is 100. The molecule has 0 N–H and O–H groups in total. The molecular weight excluding hydrogens is 1150 g/mol. The molecular formula is C86H56N6O2. The zero-order valence-corrected chi connectivity index (χ0v) is 51.9. The van der Waals surface area contributed by atoms with Crippen LogP contribution in [0.1, 0.15) is 49.9 Å². The van der Waals surface area contributed by atoms with Gasteiger partial charge in [0.15, 0.2) is 0 Å². The second kappa shape index (κ2) is 19.6. The van der Waals surface area contributed by atoms with E-state index in [1.165, 1.54) is 0 Å². The maximum atomic E-state index is 11.3. The van der Waals surface area contributed by atoms with E-state index < -0.39 is 11.1 Å². The van der Waals surface area contributed by atoms with Gasteiger partial charge in [0.25, 0.3) is 0 Å². The topological polar surface area (TPSA) is 93.6 Å². The van der Waals surface area contributed by atoms with Crippen molar-refractivity contribution in [2.75, 3.05) is 0 Å². The van der Waals surface area contributed by atoms with Crippen molar-refractivity contribution in [3.8, 4) is 45.8 Å². The summed E-state index contributed by atoms with van der Waals surface area (Å²) in [6.45, 7) is 9.53. The fourth-order valence-corrected chi connectivity index (χ4v) is 16.6. The summed E-state index contributed by atoms with van der Waals surface area (Å²) in [5.74, 6) is 0. The molecule has 0 amide bonds. The molecule has 0 unspecified atom stereocenters. The van der Waals surface area contributed by atoms with Gasteiger partial charge in [-0.1, -0.05) is 170 Å². The van der Waals surface area contributed by atoms with Gasteiger partial charge in [-0.05, 0) is 141 Å². The van der Waals surface area contributed by atoms with E-state index >= 15 is 0 Å². The van der Waals surface area contributed by atoms with Crippen molar-refractivity contribution in [1.29, 1.82) is 10.5 Å². The Morgan fingerprint density at radius 3 is 1.01 bits per heavy atom. The second-order valence-electron chi connectivity index (χ2n) is 26.0. The lowest BCUT2D eigenvalue weighted by molar-refractivity contribution is 0.455. The number of nitriles is 2. The molecule has 94 heavy (non-hydrogen) atoms. The highest BCUT2D eigenvalue weighted by Crippen LogP contribution is 2.58. The smallest absolute Gasteiger partial charge is 0.145 e. The molecule has 6 heterocycles. The van der Waals surface area contributed by atoms with Gasteiger partial charge in [0, 0.05) is 92.6 Å². The third-order valence-corrected chi connectivity index (χ3v) is 20.3. The summed E-state index contributed by atoms with van der Waals surface area (Å²) < 4.78 is 24.5.